The Hall–Kier alpha value is -3.46. The summed E-state index contributed by atoms with van der Waals surface area (Å²) in [5, 5.41) is 13.8. The number of thioether (sulfide) groups is 1. The van der Waals surface area contributed by atoms with E-state index in [-0.39, 0.29) is 28.4 Å². The third kappa shape index (κ3) is 5.32. The van der Waals surface area contributed by atoms with E-state index < -0.39 is 5.56 Å². The summed E-state index contributed by atoms with van der Waals surface area (Å²) in [6.45, 7) is 3.65. The molecule has 0 spiro atoms. The van der Waals surface area contributed by atoms with Crippen molar-refractivity contribution in [2.75, 3.05) is 16.4 Å². The van der Waals surface area contributed by atoms with Crippen molar-refractivity contribution in [3.8, 4) is 11.3 Å². The van der Waals surface area contributed by atoms with E-state index in [9.17, 15) is 14.4 Å². The smallest absolute Gasteiger partial charge is 0.278 e. The minimum atomic E-state index is -0.454. The molecular formula is C21H21N5O3S. The Balaban J connectivity index is 1.70. The van der Waals surface area contributed by atoms with Crippen molar-refractivity contribution < 1.29 is 9.59 Å². The molecule has 1 heterocycles. The summed E-state index contributed by atoms with van der Waals surface area (Å²) in [5.41, 5.74) is 2.30. The highest BCUT2D eigenvalue weighted by Gasteiger charge is 2.14. The third-order valence-electron chi connectivity index (χ3n) is 4.21. The highest BCUT2D eigenvalue weighted by Crippen LogP contribution is 2.24. The van der Waals surface area contributed by atoms with Crippen molar-refractivity contribution in [2.24, 2.45) is 0 Å². The van der Waals surface area contributed by atoms with Crippen LogP contribution in [0.3, 0.4) is 0 Å². The van der Waals surface area contributed by atoms with Crippen LogP contribution in [0.1, 0.15) is 18.9 Å². The van der Waals surface area contributed by atoms with E-state index in [2.05, 4.69) is 25.8 Å². The number of para-hydroxylation sites is 2. The fraction of sp³-hybridized carbons (Fsp3) is 0.190. The average Bonchev–Trinajstić information content (AvgIpc) is 2.74. The third-order valence-corrected chi connectivity index (χ3v) is 5.08. The maximum absolute atomic E-state index is 12.5. The first-order chi connectivity index (χ1) is 14.5. The summed E-state index contributed by atoms with van der Waals surface area (Å²) in [7, 11) is 0. The number of carbonyl (C=O) groups is 2. The van der Waals surface area contributed by atoms with Gasteiger partial charge < -0.3 is 10.6 Å². The zero-order valence-corrected chi connectivity index (χ0v) is 17.4. The van der Waals surface area contributed by atoms with Gasteiger partial charge >= 0.3 is 0 Å². The maximum atomic E-state index is 12.5. The standard InChI is InChI=1S/C21H21N5O3S/c1-3-17(27)23-16-11-7-5-9-14(16)19-20(29)24-21(26-25-19)30-12-18(28)22-15-10-6-4-8-13(15)2/h4-11H,3,12H2,1-2H3,(H,22,28)(H,23,27)(H,24,26,29). The zero-order chi connectivity index (χ0) is 21.5. The molecule has 30 heavy (non-hydrogen) atoms. The van der Waals surface area contributed by atoms with E-state index in [1.54, 1.807) is 31.2 Å². The van der Waals surface area contributed by atoms with Crippen LogP contribution in [0, 0.1) is 6.92 Å². The van der Waals surface area contributed by atoms with Gasteiger partial charge in [0.2, 0.25) is 11.8 Å². The molecule has 154 valence electrons. The van der Waals surface area contributed by atoms with Gasteiger partial charge in [0.25, 0.3) is 5.56 Å². The molecule has 0 aliphatic carbocycles. The molecule has 3 N–H and O–H groups in total. The van der Waals surface area contributed by atoms with E-state index in [4.69, 9.17) is 0 Å². The monoisotopic (exact) mass is 423 g/mol. The first-order valence-corrected chi connectivity index (χ1v) is 10.3. The van der Waals surface area contributed by atoms with Gasteiger partial charge in [-0.15, -0.1) is 10.2 Å². The largest absolute Gasteiger partial charge is 0.325 e. The molecule has 9 heteroatoms. The van der Waals surface area contributed by atoms with Crippen LogP contribution in [0.25, 0.3) is 11.3 Å². The number of aryl methyl sites for hydroxylation is 1. The summed E-state index contributed by atoms with van der Waals surface area (Å²) in [6, 6.07) is 14.4. The molecule has 0 saturated heterocycles. The lowest BCUT2D eigenvalue weighted by molar-refractivity contribution is -0.116. The Labute approximate surface area is 177 Å². The number of anilines is 2. The van der Waals surface area contributed by atoms with Crippen LogP contribution in [0.15, 0.2) is 58.5 Å². The normalized spacial score (nSPS) is 10.5. The topological polar surface area (TPSA) is 117 Å². The van der Waals surface area contributed by atoms with Crippen LogP contribution in [0.5, 0.6) is 0 Å². The van der Waals surface area contributed by atoms with E-state index in [1.807, 2.05) is 31.2 Å². The van der Waals surface area contributed by atoms with Crippen molar-refractivity contribution >= 4 is 35.0 Å². The van der Waals surface area contributed by atoms with Crippen molar-refractivity contribution in [3.63, 3.8) is 0 Å². The second-order valence-corrected chi connectivity index (χ2v) is 7.37. The number of nitrogens with zero attached hydrogens (tertiary/aromatic N) is 2. The van der Waals surface area contributed by atoms with E-state index in [1.165, 1.54) is 0 Å². The molecule has 2 aromatic carbocycles. The highest BCUT2D eigenvalue weighted by molar-refractivity contribution is 7.99. The average molecular weight is 423 g/mol. The van der Waals surface area contributed by atoms with Gasteiger partial charge in [0, 0.05) is 17.7 Å². The molecule has 0 atom stereocenters. The first kappa shape index (κ1) is 21.3. The van der Waals surface area contributed by atoms with Crippen molar-refractivity contribution in [1.82, 2.24) is 15.2 Å². The lowest BCUT2D eigenvalue weighted by atomic mass is 10.1. The number of H-pyrrole nitrogens is 1. The second kappa shape index (κ2) is 9.84. The van der Waals surface area contributed by atoms with E-state index >= 15 is 0 Å². The van der Waals surface area contributed by atoms with Crippen LogP contribution in [0.2, 0.25) is 0 Å². The minimum Gasteiger partial charge on any atom is -0.325 e. The second-order valence-electron chi connectivity index (χ2n) is 6.41. The number of hydrogen-bond donors (Lipinski definition) is 3. The Morgan fingerprint density at radius 3 is 2.33 bits per heavy atom. The van der Waals surface area contributed by atoms with Crippen molar-refractivity contribution in [1.29, 1.82) is 0 Å². The van der Waals surface area contributed by atoms with Crippen LogP contribution in [-0.2, 0) is 9.59 Å². The number of amides is 2. The van der Waals surface area contributed by atoms with Gasteiger partial charge in [-0.1, -0.05) is 55.1 Å². The molecule has 0 fully saturated rings. The van der Waals surface area contributed by atoms with Gasteiger partial charge in [0.05, 0.1) is 11.4 Å². The molecule has 0 saturated carbocycles. The summed E-state index contributed by atoms with van der Waals surface area (Å²) in [6.07, 6.45) is 0.316. The maximum Gasteiger partial charge on any atom is 0.278 e. The lowest BCUT2D eigenvalue weighted by Gasteiger charge is -2.09. The Morgan fingerprint density at radius 2 is 1.63 bits per heavy atom. The van der Waals surface area contributed by atoms with Crippen LogP contribution in [-0.4, -0.2) is 32.7 Å². The summed E-state index contributed by atoms with van der Waals surface area (Å²) in [4.78, 5) is 39.1. The molecular weight excluding hydrogens is 402 g/mol. The highest BCUT2D eigenvalue weighted by atomic mass is 32.2. The molecule has 3 rings (SSSR count). The SMILES string of the molecule is CCC(=O)Nc1ccccc1-c1nnc(SCC(=O)Nc2ccccc2C)[nH]c1=O. The Bertz CT molecular complexity index is 1130. The van der Waals surface area contributed by atoms with Crippen molar-refractivity contribution in [2.45, 2.75) is 25.4 Å². The predicted octanol–water partition coefficient (Wildman–Crippen LogP) is 3.22. The lowest BCUT2D eigenvalue weighted by Crippen LogP contribution is -2.18. The molecule has 1 aromatic heterocycles. The Kier molecular flexibility index (Phi) is 6.97. The van der Waals surface area contributed by atoms with Crippen molar-refractivity contribution in [3.05, 3.63) is 64.4 Å². The molecule has 0 aliphatic heterocycles. The van der Waals surface area contributed by atoms with E-state index in [0.717, 1.165) is 23.0 Å². The molecule has 3 aromatic rings. The molecule has 0 bridgehead atoms. The number of aromatic amines is 1. The fourth-order valence-electron chi connectivity index (χ4n) is 2.63. The van der Waals surface area contributed by atoms with E-state index in [0.29, 0.717) is 17.7 Å². The van der Waals surface area contributed by atoms with Crippen LogP contribution in [0.4, 0.5) is 11.4 Å². The number of aromatic nitrogens is 3. The number of hydrogen-bond acceptors (Lipinski definition) is 6. The van der Waals surface area contributed by atoms with Gasteiger partial charge in [0.15, 0.2) is 10.9 Å². The summed E-state index contributed by atoms with van der Waals surface area (Å²) >= 11 is 1.08. The minimum absolute atomic E-state index is 0.0709. The summed E-state index contributed by atoms with van der Waals surface area (Å²) in [5.74, 6) is -0.311. The summed E-state index contributed by atoms with van der Waals surface area (Å²) < 4.78 is 0. The van der Waals surface area contributed by atoms with Gasteiger partial charge in [-0.05, 0) is 24.6 Å². The van der Waals surface area contributed by atoms with Crippen LogP contribution >= 0.6 is 11.8 Å². The predicted molar refractivity (Wildman–Crippen MR) is 118 cm³/mol. The molecule has 8 nitrogen and oxygen atoms in total. The number of benzene rings is 2. The number of nitrogens with one attached hydrogen (secondary N) is 3. The van der Waals surface area contributed by atoms with Gasteiger partial charge in [-0.2, -0.15) is 0 Å². The molecule has 2 amide bonds. The van der Waals surface area contributed by atoms with Gasteiger partial charge in [-0.3, -0.25) is 19.4 Å². The van der Waals surface area contributed by atoms with Gasteiger partial charge in [0.1, 0.15) is 0 Å². The molecule has 0 unspecified atom stereocenters. The molecule has 0 radical (unpaired) electrons. The quantitative estimate of drug-likeness (QED) is 0.503. The zero-order valence-electron chi connectivity index (χ0n) is 16.6. The number of rotatable bonds is 7. The molecule has 0 aliphatic rings. The van der Waals surface area contributed by atoms with Gasteiger partial charge in [-0.25, -0.2) is 0 Å². The first-order valence-electron chi connectivity index (χ1n) is 9.32. The fourth-order valence-corrected chi connectivity index (χ4v) is 3.24. The Morgan fingerprint density at radius 1 is 0.967 bits per heavy atom. The van der Waals surface area contributed by atoms with Crippen LogP contribution < -0.4 is 16.2 Å². The number of carbonyl (C=O) groups excluding carboxylic acids is 2.